The van der Waals surface area contributed by atoms with Gasteiger partial charge >= 0.3 is 0 Å². The van der Waals surface area contributed by atoms with E-state index in [1.807, 2.05) is 23.7 Å². The van der Waals surface area contributed by atoms with E-state index in [1.54, 1.807) is 6.92 Å². The van der Waals surface area contributed by atoms with E-state index in [9.17, 15) is 5.11 Å². The number of rotatable bonds is 3. The maximum atomic E-state index is 9.63. The molecule has 0 aliphatic carbocycles. The fraction of sp³-hybridized carbons (Fsp3) is 0.571. The Kier molecular flexibility index (Phi) is 3.58. The van der Waals surface area contributed by atoms with Crippen molar-refractivity contribution in [2.75, 3.05) is 6.54 Å². The van der Waals surface area contributed by atoms with Crippen molar-refractivity contribution < 1.29 is 9.63 Å². The second-order valence-corrected chi connectivity index (χ2v) is 5.46. The minimum Gasteiger partial charge on any atom is -0.387 e. The summed E-state index contributed by atoms with van der Waals surface area (Å²) < 4.78 is 7.29. The van der Waals surface area contributed by atoms with Crippen molar-refractivity contribution in [2.24, 2.45) is 0 Å². The number of aromatic nitrogens is 3. The smallest absolute Gasteiger partial charge is 0.150 e. The molecule has 1 N–H and O–H groups in total. The molecule has 1 atom stereocenters. The zero-order valence-corrected chi connectivity index (χ0v) is 11.9. The van der Waals surface area contributed by atoms with Crippen molar-refractivity contribution in [3.8, 4) is 0 Å². The molecule has 20 heavy (non-hydrogen) atoms. The average molecular weight is 276 g/mol. The molecule has 0 aromatic carbocycles. The predicted octanol–water partition coefficient (Wildman–Crippen LogP) is 1.64. The van der Waals surface area contributed by atoms with Crippen molar-refractivity contribution in [1.82, 2.24) is 19.8 Å². The van der Waals surface area contributed by atoms with Crippen LogP contribution in [0.25, 0.3) is 0 Å². The van der Waals surface area contributed by atoms with Crippen LogP contribution in [0.4, 0.5) is 0 Å². The van der Waals surface area contributed by atoms with E-state index < -0.39 is 6.10 Å². The third-order valence-corrected chi connectivity index (χ3v) is 3.60. The minimum atomic E-state index is -0.514. The molecule has 108 valence electrons. The van der Waals surface area contributed by atoms with Crippen LogP contribution in [0.1, 0.15) is 42.3 Å². The van der Waals surface area contributed by atoms with Gasteiger partial charge in [0.1, 0.15) is 0 Å². The van der Waals surface area contributed by atoms with Crippen molar-refractivity contribution in [3.05, 3.63) is 35.0 Å². The summed E-state index contributed by atoms with van der Waals surface area (Å²) in [6.07, 6.45) is 0.529. The van der Waals surface area contributed by atoms with Crippen LogP contribution in [-0.4, -0.2) is 31.5 Å². The van der Waals surface area contributed by atoms with Crippen LogP contribution < -0.4 is 0 Å². The van der Waals surface area contributed by atoms with Gasteiger partial charge in [-0.2, -0.15) is 5.10 Å². The molecular formula is C14H20N4O2. The van der Waals surface area contributed by atoms with Crippen LogP contribution in [0.5, 0.6) is 0 Å². The molecule has 0 saturated carbocycles. The van der Waals surface area contributed by atoms with Crippen LogP contribution in [0, 0.1) is 6.92 Å². The van der Waals surface area contributed by atoms with Crippen LogP contribution in [0.15, 0.2) is 16.7 Å². The van der Waals surface area contributed by atoms with Gasteiger partial charge < -0.3 is 9.63 Å². The number of aryl methyl sites for hydroxylation is 2. The molecule has 2 aromatic heterocycles. The van der Waals surface area contributed by atoms with Crippen molar-refractivity contribution in [2.45, 2.75) is 46.0 Å². The molecule has 3 rings (SSSR count). The Morgan fingerprint density at radius 1 is 1.40 bits per heavy atom. The minimum absolute atomic E-state index is 0.514. The summed E-state index contributed by atoms with van der Waals surface area (Å²) in [7, 11) is 0. The van der Waals surface area contributed by atoms with Gasteiger partial charge in [-0.1, -0.05) is 5.16 Å². The Bertz CT molecular complexity index is 588. The SMILES string of the molecule is Cc1cc(CN2CCCn3nc(C(C)O)cc3C2)on1. The Labute approximate surface area is 118 Å². The Balaban J connectivity index is 1.75. The highest BCUT2D eigenvalue weighted by atomic mass is 16.5. The Morgan fingerprint density at radius 3 is 2.95 bits per heavy atom. The lowest BCUT2D eigenvalue weighted by Gasteiger charge is -2.17. The summed E-state index contributed by atoms with van der Waals surface area (Å²) in [5, 5.41) is 18.0. The maximum Gasteiger partial charge on any atom is 0.150 e. The van der Waals surface area contributed by atoms with Crippen molar-refractivity contribution in [3.63, 3.8) is 0 Å². The van der Waals surface area contributed by atoms with E-state index in [0.29, 0.717) is 0 Å². The van der Waals surface area contributed by atoms with Crippen LogP contribution in [-0.2, 0) is 19.6 Å². The number of fused-ring (bicyclic) bond motifs is 1. The fourth-order valence-electron chi connectivity index (χ4n) is 2.60. The summed E-state index contributed by atoms with van der Waals surface area (Å²) in [5.74, 6) is 0.895. The largest absolute Gasteiger partial charge is 0.387 e. The maximum absolute atomic E-state index is 9.63. The number of aliphatic hydroxyl groups is 1. The molecule has 0 amide bonds. The summed E-state index contributed by atoms with van der Waals surface area (Å²) in [6, 6.07) is 3.97. The first-order valence-electron chi connectivity index (χ1n) is 7.01. The average Bonchev–Trinajstić information content (AvgIpc) is 2.92. The first-order chi connectivity index (χ1) is 9.61. The van der Waals surface area contributed by atoms with Crippen LogP contribution in [0.2, 0.25) is 0 Å². The molecule has 0 saturated heterocycles. The molecule has 0 fully saturated rings. The second kappa shape index (κ2) is 5.38. The van der Waals surface area contributed by atoms with Gasteiger partial charge in [0, 0.05) is 25.7 Å². The molecule has 0 bridgehead atoms. The van der Waals surface area contributed by atoms with Gasteiger partial charge in [-0.05, 0) is 26.3 Å². The van der Waals surface area contributed by atoms with E-state index in [4.69, 9.17) is 4.52 Å². The summed E-state index contributed by atoms with van der Waals surface area (Å²) in [4.78, 5) is 2.33. The lowest BCUT2D eigenvalue weighted by molar-refractivity contribution is 0.192. The highest BCUT2D eigenvalue weighted by molar-refractivity contribution is 5.13. The molecule has 3 heterocycles. The van der Waals surface area contributed by atoms with E-state index in [0.717, 1.165) is 55.4 Å². The van der Waals surface area contributed by atoms with Gasteiger partial charge in [0.15, 0.2) is 5.76 Å². The number of hydrogen-bond donors (Lipinski definition) is 1. The topological polar surface area (TPSA) is 67.3 Å². The molecule has 0 spiro atoms. The monoisotopic (exact) mass is 276 g/mol. The Morgan fingerprint density at radius 2 is 2.25 bits per heavy atom. The van der Waals surface area contributed by atoms with Crippen molar-refractivity contribution >= 4 is 0 Å². The second-order valence-electron chi connectivity index (χ2n) is 5.46. The molecule has 2 aromatic rings. The zero-order chi connectivity index (χ0) is 14.1. The molecule has 6 heteroatoms. The molecule has 1 unspecified atom stereocenters. The Hall–Kier alpha value is -1.66. The highest BCUT2D eigenvalue weighted by Gasteiger charge is 2.19. The summed E-state index contributed by atoms with van der Waals surface area (Å²) in [6.45, 7) is 7.16. The third-order valence-electron chi connectivity index (χ3n) is 3.60. The molecule has 0 radical (unpaired) electrons. The van der Waals surface area contributed by atoms with Gasteiger partial charge in [0.2, 0.25) is 0 Å². The van der Waals surface area contributed by atoms with E-state index in [1.165, 1.54) is 0 Å². The van der Waals surface area contributed by atoms with Crippen LogP contribution >= 0.6 is 0 Å². The summed E-state index contributed by atoms with van der Waals surface area (Å²) >= 11 is 0. The molecule has 6 nitrogen and oxygen atoms in total. The first-order valence-corrected chi connectivity index (χ1v) is 7.01. The quantitative estimate of drug-likeness (QED) is 0.923. The van der Waals surface area contributed by atoms with Gasteiger partial charge in [0.25, 0.3) is 0 Å². The number of nitrogens with zero attached hydrogens (tertiary/aromatic N) is 4. The normalized spacial score (nSPS) is 17.8. The van der Waals surface area contributed by atoms with Gasteiger partial charge in [0.05, 0.1) is 29.7 Å². The fourth-order valence-corrected chi connectivity index (χ4v) is 2.60. The lowest BCUT2D eigenvalue weighted by Crippen LogP contribution is -2.22. The zero-order valence-electron chi connectivity index (χ0n) is 11.9. The highest BCUT2D eigenvalue weighted by Crippen LogP contribution is 2.19. The van der Waals surface area contributed by atoms with E-state index in [2.05, 4.69) is 15.2 Å². The van der Waals surface area contributed by atoms with Gasteiger partial charge in [-0.25, -0.2) is 0 Å². The number of hydrogen-bond acceptors (Lipinski definition) is 5. The standard InChI is InChI=1S/C14H20N4O2/c1-10-6-13(20-16-10)9-17-4-3-5-18-12(8-17)7-14(15-18)11(2)19/h6-7,11,19H,3-5,8-9H2,1-2H3. The molecule has 1 aliphatic rings. The first kappa shape index (κ1) is 13.3. The van der Waals surface area contributed by atoms with Gasteiger partial charge in [-0.3, -0.25) is 9.58 Å². The predicted molar refractivity (Wildman–Crippen MR) is 72.8 cm³/mol. The lowest BCUT2D eigenvalue weighted by atomic mass is 10.2. The molecule has 1 aliphatic heterocycles. The van der Waals surface area contributed by atoms with Crippen LogP contribution in [0.3, 0.4) is 0 Å². The van der Waals surface area contributed by atoms with Gasteiger partial charge in [-0.15, -0.1) is 0 Å². The molecular weight excluding hydrogens is 256 g/mol. The summed E-state index contributed by atoms with van der Waals surface area (Å²) in [5.41, 5.74) is 2.81. The van der Waals surface area contributed by atoms with Crippen molar-refractivity contribution in [1.29, 1.82) is 0 Å². The number of aliphatic hydroxyl groups excluding tert-OH is 1. The third kappa shape index (κ3) is 2.76. The van der Waals surface area contributed by atoms with E-state index >= 15 is 0 Å². The van der Waals surface area contributed by atoms with E-state index in [-0.39, 0.29) is 0 Å².